The molecule has 6 heteroatoms. The van der Waals surface area contributed by atoms with Gasteiger partial charge in [-0.25, -0.2) is 0 Å². The van der Waals surface area contributed by atoms with E-state index in [9.17, 15) is 14.4 Å². The van der Waals surface area contributed by atoms with Gasteiger partial charge in [-0.3, -0.25) is 14.4 Å². The van der Waals surface area contributed by atoms with Crippen molar-refractivity contribution in [2.75, 3.05) is 13.2 Å². The summed E-state index contributed by atoms with van der Waals surface area (Å²) in [4.78, 5) is 38.2. The van der Waals surface area contributed by atoms with Crippen molar-refractivity contribution in [3.8, 4) is 0 Å². The second kappa shape index (κ2) is 62.8. The highest BCUT2D eigenvalue weighted by molar-refractivity contribution is 5.71. The van der Waals surface area contributed by atoms with Gasteiger partial charge in [0.25, 0.3) is 0 Å². The molecule has 0 aromatic heterocycles. The lowest BCUT2D eigenvalue weighted by Crippen LogP contribution is -2.30. The molecule has 0 fully saturated rings. The molecule has 428 valence electrons. The van der Waals surface area contributed by atoms with Crippen LogP contribution in [0.5, 0.6) is 0 Å². The zero-order valence-corrected chi connectivity index (χ0v) is 49.0. The summed E-state index contributed by atoms with van der Waals surface area (Å²) in [5, 5.41) is 0. The van der Waals surface area contributed by atoms with Gasteiger partial charge in [-0.1, -0.05) is 263 Å². The first-order valence-electron chi connectivity index (χ1n) is 30.8. The van der Waals surface area contributed by atoms with Gasteiger partial charge in [0.2, 0.25) is 0 Å². The van der Waals surface area contributed by atoms with E-state index in [4.69, 9.17) is 14.2 Å². The fourth-order valence-corrected chi connectivity index (χ4v) is 8.04. The summed E-state index contributed by atoms with van der Waals surface area (Å²) in [6.07, 6.45) is 89.9. The first kappa shape index (κ1) is 71.3. The summed E-state index contributed by atoms with van der Waals surface area (Å²) in [5.41, 5.74) is 0. The molecule has 0 aromatic carbocycles. The van der Waals surface area contributed by atoms with Gasteiger partial charge >= 0.3 is 17.9 Å². The van der Waals surface area contributed by atoms with Gasteiger partial charge in [0.05, 0.1) is 0 Å². The summed E-state index contributed by atoms with van der Waals surface area (Å²) in [6.45, 7) is 6.36. The van der Waals surface area contributed by atoms with Crippen LogP contribution < -0.4 is 0 Å². The molecule has 0 amide bonds. The van der Waals surface area contributed by atoms with Crippen LogP contribution in [-0.4, -0.2) is 37.2 Å². The van der Waals surface area contributed by atoms with Crippen LogP contribution in [0.3, 0.4) is 0 Å². The monoisotopic (exact) mass is 1050 g/mol. The summed E-state index contributed by atoms with van der Waals surface area (Å²) < 4.78 is 16.8. The third kappa shape index (κ3) is 60.2. The van der Waals surface area contributed by atoms with Gasteiger partial charge in [-0.05, 0) is 122 Å². The number of rotatable bonds is 54. The van der Waals surface area contributed by atoms with Crippen LogP contribution >= 0.6 is 0 Å². The van der Waals surface area contributed by atoms with Crippen molar-refractivity contribution in [1.82, 2.24) is 0 Å². The van der Waals surface area contributed by atoms with Crippen LogP contribution in [0.15, 0.2) is 146 Å². The fourth-order valence-electron chi connectivity index (χ4n) is 8.04. The number of unbranched alkanes of at least 4 members (excludes halogenated alkanes) is 19. The highest BCUT2D eigenvalue weighted by Gasteiger charge is 2.19. The number of hydrogen-bond acceptors (Lipinski definition) is 6. The molecule has 0 heterocycles. The predicted octanol–water partition coefficient (Wildman–Crippen LogP) is 21.2. The Morgan fingerprint density at radius 1 is 0.276 bits per heavy atom. The molecule has 76 heavy (non-hydrogen) atoms. The van der Waals surface area contributed by atoms with Crippen molar-refractivity contribution in [3.05, 3.63) is 146 Å². The van der Waals surface area contributed by atoms with Crippen molar-refractivity contribution in [1.29, 1.82) is 0 Å². The molecule has 6 nitrogen and oxygen atoms in total. The van der Waals surface area contributed by atoms with Gasteiger partial charge in [-0.2, -0.15) is 0 Å². The van der Waals surface area contributed by atoms with Crippen LogP contribution in [0.4, 0.5) is 0 Å². The average molecular weight is 1050 g/mol. The number of esters is 3. The molecule has 0 aliphatic carbocycles. The standard InChI is InChI=1S/C70H112O6/c1-4-7-10-13-16-19-22-24-26-28-30-31-32-33-34-35-36-37-38-39-41-42-44-46-48-51-54-57-60-63-69(72)75-66-67(65-74-68(71)62-59-56-53-50-21-18-15-12-9-6-3)76-70(73)64-61-58-55-52-49-47-45-43-40-29-27-25-23-20-17-14-11-8-5-2/h7-8,10-11,16-17,19-20,24-27,30-31,33-34,36-37,39-41,43,47,49,67H,4-6,9,12-15,18,21-23,28-29,32,35,38,42,44-46,48,50-66H2,1-3H3/b10-7-,11-8-,19-16-,20-17-,26-24-,27-25-,31-30-,34-33-,37-36-,41-39-,43-40-,49-47-. The Labute approximate surface area is 467 Å². The SMILES string of the molecule is CC/C=C\C/C=C\C/C=C\C/C=C\C/C=C\C/C=C\C/C=C\CCCCCCCCCC(=O)OCC(COC(=O)CCCCCCCCCCCC)OC(=O)CCCCC/C=C\C/C=C\C/C=C\C/C=C\C/C=C\CC. The molecule has 0 radical (unpaired) electrons. The minimum absolute atomic E-state index is 0.0983. The molecular weight excluding hydrogens is 937 g/mol. The predicted molar refractivity (Wildman–Crippen MR) is 329 cm³/mol. The second-order valence-corrected chi connectivity index (χ2v) is 19.9. The Balaban J connectivity index is 4.35. The number of carbonyl (C=O) groups excluding carboxylic acids is 3. The Hall–Kier alpha value is -4.71. The van der Waals surface area contributed by atoms with Crippen LogP contribution in [0, 0.1) is 0 Å². The minimum atomic E-state index is -0.805. The Morgan fingerprint density at radius 3 is 0.816 bits per heavy atom. The molecule has 0 aliphatic rings. The normalized spacial score (nSPS) is 13.1. The van der Waals surface area contributed by atoms with Gasteiger partial charge in [0, 0.05) is 19.3 Å². The van der Waals surface area contributed by atoms with Crippen molar-refractivity contribution in [2.45, 2.75) is 264 Å². The maximum atomic E-state index is 12.9. The first-order valence-corrected chi connectivity index (χ1v) is 30.8. The van der Waals surface area contributed by atoms with Crippen LogP contribution in [0.25, 0.3) is 0 Å². The summed E-state index contributed by atoms with van der Waals surface area (Å²) in [7, 11) is 0. The van der Waals surface area contributed by atoms with Gasteiger partial charge in [0.1, 0.15) is 13.2 Å². The maximum Gasteiger partial charge on any atom is 0.306 e. The third-order valence-corrected chi connectivity index (χ3v) is 12.6. The van der Waals surface area contributed by atoms with E-state index in [0.29, 0.717) is 12.8 Å². The van der Waals surface area contributed by atoms with Crippen molar-refractivity contribution < 1.29 is 28.6 Å². The highest BCUT2D eigenvalue weighted by atomic mass is 16.6. The molecule has 0 spiro atoms. The van der Waals surface area contributed by atoms with E-state index in [1.165, 1.54) is 70.6 Å². The van der Waals surface area contributed by atoms with Crippen LogP contribution in [0.1, 0.15) is 258 Å². The molecule has 1 unspecified atom stereocenters. The largest absolute Gasteiger partial charge is 0.462 e. The zero-order chi connectivity index (χ0) is 55.0. The molecule has 0 saturated heterocycles. The van der Waals surface area contributed by atoms with Gasteiger partial charge < -0.3 is 14.2 Å². The van der Waals surface area contributed by atoms with E-state index in [2.05, 4.69) is 167 Å². The number of carbonyl (C=O) groups is 3. The first-order chi connectivity index (χ1) is 37.5. The van der Waals surface area contributed by atoms with Gasteiger partial charge in [0.15, 0.2) is 6.10 Å². The minimum Gasteiger partial charge on any atom is -0.462 e. The molecular formula is C70H112O6. The van der Waals surface area contributed by atoms with E-state index in [0.717, 1.165) is 148 Å². The maximum absolute atomic E-state index is 12.9. The lowest BCUT2D eigenvalue weighted by Gasteiger charge is -2.18. The number of ether oxygens (including phenoxy) is 3. The topological polar surface area (TPSA) is 78.9 Å². The summed E-state index contributed by atoms with van der Waals surface area (Å²) >= 11 is 0. The third-order valence-electron chi connectivity index (χ3n) is 12.6. The molecule has 0 saturated carbocycles. The average Bonchev–Trinajstić information content (AvgIpc) is 3.42. The molecule has 0 aromatic rings. The molecule has 0 N–H and O–H groups in total. The van der Waals surface area contributed by atoms with Crippen LogP contribution in [0.2, 0.25) is 0 Å². The fraction of sp³-hybridized carbons (Fsp3) is 0.614. The summed E-state index contributed by atoms with van der Waals surface area (Å²) in [5.74, 6) is -0.947. The lowest BCUT2D eigenvalue weighted by molar-refractivity contribution is -0.167. The smallest absolute Gasteiger partial charge is 0.306 e. The molecule has 0 bridgehead atoms. The summed E-state index contributed by atoms with van der Waals surface area (Å²) in [6, 6.07) is 0. The van der Waals surface area contributed by atoms with E-state index in [1.807, 2.05) is 0 Å². The van der Waals surface area contributed by atoms with Gasteiger partial charge in [-0.15, -0.1) is 0 Å². The Morgan fingerprint density at radius 2 is 0.513 bits per heavy atom. The highest BCUT2D eigenvalue weighted by Crippen LogP contribution is 2.14. The van der Waals surface area contributed by atoms with Crippen LogP contribution in [-0.2, 0) is 28.6 Å². The molecule has 0 aliphatic heterocycles. The zero-order valence-electron chi connectivity index (χ0n) is 49.0. The molecule has 1 atom stereocenters. The quantitative estimate of drug-likeness (QED) is 0.0261. The van der Waals surface area contributed by atoms with Crippen molar-refractivity contribution >= 4 is 17.9 Å². The van der Waals surface area contributed by atoms with E-state index in [1.54, 1.807) is 0 Å². The van der Waals surface area contributed by atoms with E-state index < -0.39 is 6.10 Å². The second-order valence-electron chi connectivity index (χ2n) is 19.9. The van der Waals surface area contributed by atoms with Crippen molar-refractivity contribution in [3.63, 3.8) is 0 Å². The van der Waals surface area contributed by atoms with Crippen molar-refractivity contribution in [2.24, 2.45) is 0 Å². The number of hydrogen-bond donors (Lipinski definition) is 0. The Kier molecular flexibility index (Phi) is 58.9. The van der Waals surface area contributed by atoms with E-state index >= 15 is 0 Å². The number of allylic oxidation sites excluding steroid dienone is 24. The Bertz CT molecular complexity index is 1680. The molecule has 0 rings (SSSR count). The van der Waals surface area contributed by atoms with E-state index in [-0.39, 0.29) is 37.5 Å². The lowest BCUT2D eigenvalue weighted by atomic mass is 10.1.